The number of aromatic nitrogens is 2. The minimum atomic E-state index is 0.474. The zero-order chi connectivity index (χ0) is 20.1. The van der Waals surface area contributed by atoms with Crippen molar-refractivity contribution in [1.29, 1.82) is 0 Å². The average Bonchev–Trinajstić information content (AvgIpc) is 3.13. The SMILES string of the molecule is C[C@H]1CCCN(c2cc(N3CCCC3)nc(NC(=S)NC3CCCCCC3)n2)C1. The molecule has 2 N–H and O–H groups in total. The number of hydrogen-bond donors (Lipinski definition) is 2. The van der Waals surface area contributed by atoms with E-state index in [1.165, 1.54) is 64.2 Å². The van der Waals surface area contributed by atoms with Crippen LogP contribution in [-0.4, -0.2) is 47.3 Å². The summed E-state index contributed by atoms with van der Waals surface area (Å²) in [6.45, 7) is 6.64. The van der Waals surface area contributed by atoms with Crippen LogP contribution in [0.5, 0.6) is 0 Å². The van der Waals surface area contributed by atoms with E-state index in [1.807, 2.05) is 0 Å². The van der Waals surface area contributed by atoms with E-state index < -0.39 is 0 Å². The Labute approximate surface area is 180 Å². The molecule has 0 radical (unpaired) electrons. The molecule has 160 valence electrons. The van der Waals surface area contributed by atoms with Crippen molar-refractivity contribution in [2.75, 3.05) is 41.3 Å². The van der Waals surface area contributed by atoms with Crippen molar-refractivity contribution in [2.45, 2.75) is 77.2 Å². The van der Waals surface area contributed by atoms with Crippen LogP contribution in [0.2, 0.25) is 0 Å². The minimum Gasteiger partial charge on any atom is -0.360 e. The summed E-state index contributed by atoms with van der Waals surface area (Å²) in [6, 6.07) is 2.65. The minimum absolute atomic E-state index is 0.474. The molecular formula is C22H36N6S. The van der Waals surface area contributed by atoms with Crippen LogP contribution >= 0.6 is 12.2 Å². The van der Waals surface area contributed by atoms with E-state index in [1.54, 1.807) is 0 Å². The highest BCUT2D eigenvalue weighted by molar-refractivity contribution is 7.80. The van der Waals surface area contributed by atoms with Crippen LogP contribution in [0.25, 0.3) is 0 Å². The number of piperidine rings is 1. The van der Waals surface area contributed by atoms with Crippen LogP contribution < -0.4 is 20.4 Å². The van der Waals surface area contributed by atoms with Gasteiger partial charge in [0.25, 0.3) is 0 Å². The summed E-state index contributed by atoms with van der Waals surface area (Å²) in [5, 5.41) is 7.49. The van der Waals surface area contributed by atoms with Gasteiger partial charge >= 0.3 is 0 Å². The fraction of sp³-hybridized carbons (Fsp3) is 0.773. The van der Waals surface area contributed by atoms with Gasteiger partial charge in [-0.05, 0) is 56.7 Å². The highest BCUT2D eigenvalue weighted by Crippen LogP contribution is 2.27. The lowest BCUT2D eigenvalue weighted by Gasteiger charge is -2.32. The quantitative estimate of drug-likeness (QED) is 0.560. The van der Waals surface area contributed by atoms with Gasteiger partial charge in [0.2, 0.25) is 5.95 Å². The maximum absolute atomic E-state index is 5.63. The molecule has 3 aliphatic rings. The largest absolute Gasteiger partial charge is 0.360 e. The Balaban J connectivity index is 1.49. The molecule has 2 saturated heterocycles. The predicted octanol–water partition coefficient (Wildman–Crippen LogP) is 4.32. The second kappa shape index (κ2) is 9.92. The molecule has 6 nitrogen and oxygen atoms in total. The first kappa shape index (κ1) is 20.6. The van der Waals surface area contributed by atoms with Gasteiger partial charge in [-0.3, -0.25) is 0 Å². The average molecular weight is 417 g/mol. The van der Waals surface area contributed by atoms with E-state index in [4.69, 9.17) is 22.2 Å². The van der Waals surface area contributed by atoms with Crippen LogP contribution in [0, 0.1) is 5.92 Å². The van der Waals surface area contributed by atoms with Gasteiger partial charge < -0.3 is 20.4 Å². The maximum Gasteiger partial charge on any atom is 0.232 e. The molecule has 0 bridgehead atoms. The van der Waals surface area contributed by atoms with Crippen molar-refractivity contribution >= 4 is 34.9 Å². The molecule has 0 amide bonds. The number of nitrogens with one attached hydrogen (secondary N) is 2. The lowest BCUT2D eigenvalue weighted by Crippen LogP contribution is -2.38. The summed E-state index contributed by atoms with van der Waals surface area (Å²) >= 11 is 5.63. The molecule has 29 heavy (non-hydrogen) atoms. The molecule has 0 spiro atoms. The zero-order valence-corrected chi connectivity index (χ0v) is 18.6. The Morgan fingerprint density at radius 2 is 1.55 bits per heavy atom. The molecule has 0 unspecified atom stereocenters. The highest BCUT2D eigenvalue weighted by Gasteiger charge is 2.22. The van der Waals surface area contributed by atoms with E-state index >= 15 is 0 Å². The van der Waals surface area contributed by atoms with Gasteiger partial charge in [-0.1, -0.05) is 32.6 Å². The van der Waals surface area contributed by atoms with E-state index in [0.717, 1.165) is 37.8 Å². The van der Waals surface area contributed by atoms with E-state index in [0.29, 0.717) is 23.0 Å². The van der Waals surface area contributed by atoms with Crippen LogP contribution in [0.15, 0.2) is 6.07 Å². The Morgan fingerprint density at radius 3 is 2.24 bits per heavy atom. The Kier molecular flexibility index (Phi) is 7.06. The predicted molar refractivity (Wildman–Crippen MR) is 125 cm³/mol. The topological polar surface area (TPSA) is 56.3 Å². The summed E-state index contributed by atoms with van der Waals surface area (Å²) in [5.41, 5.74) is 0. The van der Waals surface area contributed by atoms with Gasteiger partial charge in [-0.25, -0.2) is 0 Å². The molecule has 3 heterocycles. The van der Waals surface area contributed by atoms with Crippen LogP contribution in [0.3, 0.4) is 0 Å². The Morgan fingerprint density at radius 1 is 0.897 bits per heavy atom. The summed E-state index contributed by atoms with van der Waals surface area (Å²) in [5.74, 6) is 3.41. The van der Waals surface area contributed by atoms with E-state index in [2.05, 4.69) is 33.4 Å². The van der Waals surface area contributed by atoms with E-state index in [-0.39, 0.29) is 0 Å². The number of thiocarbonyl (C=S) groups is 1. The van der Waals surface area contributed by atoms with Crippen LogP contribution in [0.4, 0.5) is 17.6 Å². The molecular weight excluding hydrogens is 380 g/mol. The molecule has 1 aromatic heterocycles. The smallest absolute Gasteiger partial charge is 0.232 e. The fourth-order valence-electron chi connectivity index (χ4n) is 4.89. The van der Waals surface area contributed by atoms with Crippen molar-refractivity contribution in [3.63, 3.8) is 0 Å². The summed E-state index contributed by atoms with van der Waals surface area (Å²) < 4.78 is 0. The van der Waals surface area contributed by atoms with Crippen LogP contribution in [0.1, 0.15) is 71.1 Å². The van der Waals surface area contributed by atoms with Gasteiger partial charge in [0, 0.05) is 38.3 Å². The molecule has 2 aliphatic heterocycles. The van der Waals surface area contributed by atoms with E-state index in [9.17, 15) is 0 Å². The first-order valence-corrected chi connectivity index (χ1v) is 12.0. The van der Waals surface area contributed by atoms with Gasteiger partial charge in [0.1, 0.15) is 11.6 Å². The summed E-state index contributed by atoms with van der Waals surface area (Å²) in [6.07, 6.45) is 12.7. The molecule has 0 aromatic carbocycles. The maximum atomic E-state index is 5.63. The monoisotopic (exact) mass is 416 g/mol. The third-order valence-electron chi connectivity index (χ3n) is 6.53. The number of hydrogen-bond acceptors (Lipinski definition) is 5. The molecule has 4 rings (SSSR count). The number of nitrogens with zero attached hydrogens (tertiary/aromatic N) is 4. The summed E-state index contributed by atoms with van der Waals surface area (Å²) in [7, 11) is 0. The molecule has 1 atom stereocenters. The Bertz CT molecular complexity index is 682. The van der Waals surface area contributed by atoms with Gasteiger partial charge in [0.15, 0.2) is 5.11 Å². The fourth-order valence-corrected chi connectivity index (χ4v) is 5.15. The molecule has 1 saturated carbocycles. The molecule has 3 fully saturated rings. The third-order valence-corrected chi connectivity index (χ3v) is 6.75. The lowest BCUT2D eigenvalue weighted by atomic mass is 10.0. The van der Waals surface area contributed by atoms with Crippen molar-refractivity contribution in [3.05, 3.63) is 6.07 Å². The van der Waals surface area contributed by atoms with Gasteiger partial charge in [-0.15, -0.1) is 0 Å². The van der Waals surface area contributed by atoms with Gasteiger partial charge in [-0.2, -0.15) is 9.97 Å². The number of anilines is 3. The number of rotatable bonds is 4. The summed E-state index contributed by atoms with van der Waals surface area (Å²) in [4.78, 5) is 14.5. The molecule has 1 aliphatic carbocycles. The highest BCUT2D eigenvalue weighted by atomic mass is 32.1. The van der Waals surface area contributed by atoms with Crippen molar-refractivity contribution < 1.29 is 0 Å². The standard InChI is InChI=1S/C22H36N6S/c1-17-9-8-14-28(16-17)20-15-19(27-12-6-7-13-27)24-21(25-20)26-22(29)23-18-10-4-2-3-5-11-18/h15,17-18H,2-14,16H2,1H3,(H2,23,24,25,26,29)/t17-/m0/s1. The normalized spacial score (nSPS) is 23.7. The second-order valence-corrected chi connectivity index (χ2v) is 9.49. The molecule has 7 heteroatoms. The molecule has 1 aromatic rings. The van der Waals surface area contributed by atoms with Gasteiger partial charge in [0.05, 0.1) is 0 Å². The van der Waals surface area contributed by atoms with Crippen molar-refractivity contribution in [1.82, 2.24) is 15.3 Å². The third kappa shape index (κ3) is 5.71. The van der Waals surface area contributed by atoms with Crippen molar-refractivity contribution in [3.8, 4) is 0 Å². The lowest BCUT2D eigenvalue weighted by molar-refractivity contribution is 0.444. The Hall–Kier alpha value is -1.63. The first-order chi connectivity index (χ1) is 14.2. The van der Waals surface area contributed by atoms with Crippen LogP contribution in [-0.2, 0) is 0 Å². The second-order valence-electron chi connectivity index (χ2n) is 9.08. The first-order valence-electron chi connectivity index (χ1n) is 11.6. The van der Waals surface area contributed by atoms with Crippen molar-refractivity contribution in [2.24, 2.45) is 5.92 Å². The zero-order valence-electron chi connectivity index (χ0n) is 17.8.